The van der Waals surface area contributed by atoms with Crippen LogP contribution in [0.5, 0.6) is 5.75 Å². The topological polar surface area (TPSA) is 69.5 Å². The maximum absolute atomic E-state index is 12.0. The smallest absolute Gasteiger partial charge is 0.338 e. The predicted molar refractivity (Wildman–Crippen MR) is 132 cm³/mol. The van der Waals surface area contributed by atoms with E-state index in [4.69, 9.17) is 14.2 Å². The number of carbonyl (C=O) groups is 1. The SMILES string of the molecule is CCCCCCCCCCOc1ccc(N=Nc2ccc(C(=O)OCCOCC)cc2)cc1. The van der Waals surface area contributed by atoms with Crippen molar-refractivity contribution in [3.8, 4) is 5.75 Å². The third-order valence-electron chi connectivity index (χ3n) is 5.15. The van der Waals surface area contributed by atoms with Crippen LogP contribution in [0.1, 0.15) is 75.6 Å². The summed E-state index contributed by atoms with van der Waals surface area (Å²) in [6.45, 7) is 6.14. The van der Waals surface area contributed by atoms with Crippen molar-refractivity contribution in [3.63, 3.8) is 0 Å². The number of azo groups is 1. The van der Waals surface area contributed by atoms with E-state index in [0.29, 0.717) is 24.5 Å². The molecule has 33 heavy (non-hydrogen) atoms. The molecule has 0 spiro atoms. The first-order valence-corrected chi connectivity index (χ1v) is 12.2. The highest BCUT2D eigenvalue weighted by molar-refractivity contribution is 5.89. The normalized spacial score (nSPS) is 11.1. The average Bonchev–Trinajstić information content (AvgIpc) is 2.85. The van der Waals surface area contributed by atoms with Gasteiger partial charge in [0, 0.05) is 6.61 Å². The molecular formula is C27H38N2O4. The largest absolute Gasteiger partial charge is 0.494 e. The van der Waals surface area contributed by atoms with E-state index in [2.05, 4.69) is 17.2 Å². The van der Waals surface area contributed by atoms with Gasteiger partial charge in [0.05, 0.1) is 30.2 Å². The third kappa shape index (κ3) is 11.6. The lowest BCUT2D eigenvalue weighted by Gasteiger charge is -2.06. The second-order valence-corrected chi connectivity index (χ2v) is 7.90. The summed E-state index contributed by atoms with van der Waals surface area (Å²) in [6, 6.07) is 14.4. The molecule has 180 valence electrons. The monoisotopic (exact) mass is 454 g/mol. The Kier molecular flexibility index (Phi) is 13.5. The predicted octanol–water partition coefficient (Wildman–Crippen LogP) is 7.81. The van der Waals surface area contributed by atoms with Gasteiger partial charge in [-0.2, -0.15) is 10.2 Å². The Hall–Kier alpha value is -2.73. The molecule has 0 fully saturated rings. The molecule has 0 aliphatic rings. The Morgan fingerprint density at radius 1 is 0.697 bits per heavy atom. The molecule has 2 aromatic carbocycles. The summed E-state index contributed by atoms with van der Waals surface area (Å²) in [6.07, 6.45) is 10.3. The van der Waals surface area contributed by atoms with Crippen LogP contribution in [0.15, 0.2) is 58.8 Å². The van der Waals surface area contributed by atoms with Crippen molar-refractivity contribution >= 4 is 17.3 Å². The summed E-state index contributed by atoms with van der Waals surface area (Å²) in [7, 11) is 0. The second kappa shape index (κ2) is 16.8. The van der Waals surface area contributed by atoms with E-state index in [0.717, 1.165) is 24.5 Å². The zero-order valence-corrected chi connectivity index (χ0v) is 20.1. The molecule has 0 saturated heterocycles. The van der Waals surface area contributed by atoms with Crippen LogP contribution >= 0.6 is 0 Å². The first-order chi connectivity index (χ1) is 16.2. The van der Waals surface area contributed by atoms with Gasteiger partial charge in [0.15, 0.2) is 0 Å². The Balaban J connectivity index is 1.67. The summed E-state index contributed by atoms with van der Waals surface area (Å²) in [5, 5.41) is 8.48. The standard InChI is InChI=1S/C27H38N2O4/c1-3-5-6-7-8-9-10-11-20-32-26-18-16-25(17-19-26)29-28-24-14-12-23(13-15-24)27(30)33-22-21-31-4-2/h12-19H,3-11,20-22H2,1-2H3. The number of nitrogens with zero attached hydrogens (tertiary/aromatic N) is 2. The Labute approximate surface area is 198 Å². The van der Waals surface area contributed by atoms with Gasteiger partial charge in [-0.15, -0.1) is 0 Å². The molecule has 2 aromatic rings. The van der Waals surface area contributed by atoms with E-state index >= 15 is 0 Å². The van der Waals surface area contributed by atoms with Gasteiger partial charge in [-0.25, -0.2) is 4.79 Å². The summed E-state index contributed by atoms with van der Waals surface area (Å²) in [5.74, 6) is 0.477. The van der Waals surface area contributed by atoms with E-state index in [-0.39, 0.29) is 12.6 Å². The first kappa shape index (κ1) is 26.5. The van der Waals surface area contributed by atoms with Gasteiger partial charge in [0.25, 0.3) is 0 Å². The molecule has 0 unspecified atom stereocenters. The molecule has 0 amide bonds. The lowest BCUT2D eigenvalue weighted by atomic mass is 10.1. The molecule has 6 nitrogen and oxygen atoms in total. The Bertz CT molecular complexity index is 804. The van der Waals surface area contributed by atoms with Gasteiger partial charge in [-0.3, -0.25) is 0 Å². The van der Waals surface area contributed by atoms with Crippen LogP contribution in [0.2, 0.25) is 0 Å². The minimum atomic E-state index is -0.374. The molecule has 0 aromatic heterocycles. The fraction of sp³-hybridized carbons (Fsp3) is 0.519. The van der Waals surface area contributed by atoms with Crippen LogP contribution in [0, 0.1) is 0 Å². The maximum atomic E-state index is 12.0. The van der Waals surface area contributed by atoms with Gasteiger partial charge < -0.3 is 14.2 Å². The third-order valence-corrected chi connectivity index (χ3v) is 5.15. The van der Waals surface area contributed by atoms with Crippen LogP contribution in [-0.4, -0.2) is 32.4 Å². The molecule has 0 heterocycles. The lowest BCUT2D eigenvalue weighted by molar-refractivity contribution is 0.0335. The van der Waals surface area contributed by atoms with Crippen LogP contribution in [0.4, 0.5) is 11.4 Å². The fourth-order valence-corrected chi connectivity index (χ4v) is 3.24. The number of unbranched alkanes of at least 4 members (excludes halogenated alkanes) is 7. The molecule has 0 aliphatic carbocycles. The summed E-state index contributed by atoms with van der Waals surface area (Å²) >= 11 is 0. The fourth-order valence-electron chi connectivity index (χ4n) is 3.24. The number of hydrogen-bond acceptors (Lipinski definition) is 6. The second-order valence-electron chi connectivity index (χ2n) is 7.90. The molecule has 6 heteroatoms. The van der Waals surface area contributed by atoms with Gasteiger partial charge in [-0.05, 0) is 61.9 Å². The lowest BCUT2D eigenvalue weighted by Crippen LogP contribution is -2.10. The summed E-state index contributed by atoms with van der Waals surface area (Å²) in [4.78, 5) is 12.0. The van der Waals surface area contributed by atoms with E-state index in [1.165, 1.54) is 44.9 Å². The number of benzene rings is 2. The molecule has 0 saturated carbocycles. The van der Waals surface area contributed by atoms with Gasteiger partial charge in [0.1, 0.15) is 12.4 Å². The first-order valence-electron chi connectivity index (χ1n) is 12.2. The molecule has 0 bridgehead atoms. The van der Waals surface area contributed by atoms with E-state index in [9.17, 15) is 4.79 Å². The molecule has 0 atom stereocenters. The molecule has 2 rings (SSSR count). The number of hydrogen-bond donors (Lipinski definition) is 0. The van der Waals surface area contributed by atoms with Crippen molar-refractivity contribution < 1.29 is 19.0 Å². The maximum Gasteiger partial charge on any atom is 0.338 e. The molecule has 0 aliphatic heterocycles. The molecule has 0 radical (unpaired) electrons. The van der Waals surface area contributed by atoms with Gasteiger partial charge in [-0.1, -0.05) is 51.9 Å². The average molecular weight is 455 g/mol. The van der Waals surface area contributed by atoms with Crippen molar-refractivity contribution in [2.75, 3.05) is 26.4 Å². The van der Waals surface area contributed by atoms with Crippen molar-refractivity contribution in [1.29, 1.82) is 0 Å². The van der Waals surface area contributed by atoms with Crippen molar-refractivity contribution in [3.05, 3.63) is 54.1 Å². The van der Waals surface area contributed by atoms with Crippen molar-refractivity contribution in [1.82, 2.24) is 0 Å². The van der Waals surface area contributed by atoms with Crippen LogP contribution in [0.3, 0.4) is 0 Å². The van der Waals surface area contributed by atoms with E-state index < -0.39 is 0 Å². The summed E-state index contributed by atoms with van der Waals surface area (Å²) < 4.78 is 16.1. The van der Waals surface area contributed by atoms with Crippen LogP contribution in [0.25, 0.3) is 0 Å². The van der Waals surface area contributed by atoms with Crippen LogP contribution in [-0.2, 0) is 9.47 Å². The zero-order valence-electron chi connectivity index (χ0n) is 20.1. The van der Waals surface area contributed by atoms with E-state index in [1.54, 1.807) is 24.3 Å². The number of carbonyl (C=O) groups excluding carboxylic acids is 1. The van der Waals surface area contributed by atoms with Crippen molar-refractivity contribution in [2.45, 2.75) is 65.2 Å². The quantitative estimate of drug-likeness (QED) is 0.139. The van der Waals surface area contributed by atoms with Crippen molar-refractivity contribution in [2.24, 2.45) is 10.2 Å². The minimum Gasteiger partial charge on any atom is -0.494 e. The highest BCUT2D eigenvalue weighted by Crippen LogP contribution is 2.22. The van der Waals surface area contributed by atoms with Crippen LogP contribution < -0.4 is 4.74 Å². The van der Waals surface area contributed by atoms with E-state index in [1.807, 2.05) is 31.2 Å². The number of ether oxygens (including phenoxy) is 3. The molecule has 0 N–H and O–H groups in total. The highest BCUT2D eigenvalue weighted by atomic mass is 16.6. The Morgan fingerprint density at radius 2 is 1.27 bits per heavy atom. The number of esters is 1. The highest BCUT2D eigenvalue weighted by Gasteiger charge is 2.06. The Morgan fingerprint density at radius 3 is 1.88 bits per heavy atom. The zero-order chi connectivity index (χ0) is 23.6. The molecular weight excluding hydrogens is 416 g/mol. The van der Waals surface area contributed by atoms with Gasteiger partial charge in [0.2, 0.25) is 0 Å². The number of rotatable bonds is 17. The summed E-state index contributed by atoms with van der Waals surface area (Å²) in [5.41, 5.74) is 1.88. The van der Waals surface area contributed by atoms with Gasteiger partial charge >= 0.3 is 5.97 Å². The minimum absolute atomic E-state index is 0.243.